The van der Waals surface area contributed by atoms with Crippen LogP contribution >= 0.6 is 0 Å². The normalized spacial score (nSPS) is 11.9. The van der Waals surface area contributed by atoms with Gasteiger partial charge in [0.1, 0.15) is 6.54 Å². The van der Waals surface area contributed by atoms with Crippen LogP contribution in [0.25, 0.3) is 0 Å². The molecule has 0 saturated carbocycles. The van der Waals surface area contributed by atoms with Gasteiger partial charge < -0.3 is 14.7 Å². The van der Waals surface area contributed by atoms with E-state index in [2.05, 4.69) is 4.98 Å². The SMILES string of the molecule is CCC(C)N(CC(=O)O)c1ccnc(OC)c1. The molecule has 1 rings (SSSR count). The summed E-state index contributed by atoms with van der Waals surface area (Å²) < 4.78 is 5.04. The molecule has 0 bridgehead atoms. The second-order valence-electron chi connectivity index (χ2n) is 3.84. The molecule has 1 aromatic heterocycles. The monoisotopic (exact) mass is 238 g/mol. The van der Waals surface area contributed by atoms with Crippen LogP contribution in [0.1, 0.15) is 20.3 Å². The van der Waals surface area contributed by atoms with Crippen molar-refractivity contribution in [1.29, 1.82) is 0 Å². The van der Waals surface area contributed by atoms with Gasteiger partial charge in [-0.05, 0) is 19.4 Å². The highest BCUT2D eigenvalue weighted by atomic mass is 16.5. The van der Waals surface area contributed by atoms with E-state index in [1.165, 1.54) is 7.11 Å². The Morgan fingerprint density at radius 1 is 1.65 bits per heavy atom. The molecule has 0 radical (unpaired) electrons. The van der Waals surface area contributed by atoms with E-state index in [4.69, 9.17) is 9.84 Å². The summed E-state index contributed by atoms with van der Waals surface area (Å²) in [5.41, 5.74) is 0.814. The van der Waals surface area contributed by atoms with Crippen molar-refractivity contribution >= 4 is 11.7 Å². The van der Waals surface area contributed by atoms with Gasteiger partial charge >= 0.3 is 5.97 Å². The van der Waals surface area contributed by atoms with E-state index < -0.39 is 5.97 Å². The lowest BCUT2D eigenvalue weighted by Gasteiger charge is -2.29. The Morgan fingerprint density at radius 3 is 2.88 bits per heavy atom. The van der Waals surface area contributed by atoms with Crippen LogP contribution in [0, 0.1) is 0 Å². The first-order chi connectivity index (χ1) is 8.08. The summed E-state index contributed by atoms with van der Waals surface area (Å²) in [7, 11) is 1.54. The third-order valence-electron chi connectivity index (χ3n) is 2.69. The number of pyridine rings is 1. The molecule has 5 nitrogen and oxygen atoms in total. The predicted octanol–water partition coefficient (Wildman–Crippen LogP) is 1.78. The zero-order valence-electron chi connectivity index (χ0n) is 10.4. The molecular formula is C12H18N2O3. The van der Waals surface area contributed by atoms with E-state index in [-0.39, 0.29) is 12.6 Å². The molecule has 0 aliphatic heterocycles. The van der Waals surface area contributed by atoms with Crippen molar-refractivity contribution in [2.24, 2.45) is 0 Å². The van der Waals surface area contributed by atoms with Crippen molar-refractivity contribution in [3.63, 3.8) is 0 Å². The third kappa shape index (κ3) is 3.62. The number of aromatic nitrogens is 1. The second-order valence-corrected chi connectivity index (χ2v) is 3.84. The molecule has 0 aromatic carbocycles. The fraction of sp³-hybridized carbons (Fsp3) is 0.500. The summed E-state index contributed by atoms with van der Waals surface area (Å²) in [6.45, 7) is 4.00. The number of carboxylic acids is 1. The van der Waals surface area contributed by atoms with Gasteiger partial charge in [0.15, 0.2) is 0 Å². The highest BCUT2D eigenvalue weighted by Crippen LogP contribution is 2.21. The van der Waals surface area contributed by atoms with Crippen molar-refractivity contribution in [1.82, 2.24) is 4.98 Å². The minimum atomic E-state index is -0.846. The average molecular weight is 238 g/mol. The van der Waals surface area contributed by atoms with E-state index >= 15 is 0 Å². The van der Waals surface area contributed by atoms with Crippen LogP contribution in [0.2, 0.25) is 0 Å². The largest absolute Gasteiger partial charge is 0.481 e. The first-order valence-electron chi connectivity index (χ1n) is 5.57. The third-order valence-corrected chi connectivity index (χ3v) is 2.69. The van der Waals surface area contributed by atoms with Crippen LogP contribution in [0.5, 0.6) is 5.88 Å². The van der Waals surface area contributed by atoms with E-state index in [9.17, 15) is 4.79 Å². The molecule has 1 heterocycles. The number of methoxy groups -OCH3 is 1. The van der Waals surface area contributed by atoms with E-state index in [0.717, 1.165) is 12.1 Å². The molecule has 0 amide bonds. The molecule has 0 spiro atoms. The number of carboxylic acid groups (broad SMARTS) is 1. The van der Waals surface area contributed by atoms with Crippen molar-refractivity contribution < 1.29 is 14.6 Å². The maximum absolute atomic E-state index is 10.9. The highest BCUT2D eigenvalue weighted by molar-refractivity contribution is 5.74. The van der Waals surface area contributed by atoms with Crippen molar-refractivity contribution in [2.45, 2.75) is 26.3 Å². The number of hydrogen-bond donors (Lipinski definition) is 1. The Labute approximate surface area is 101 Å². The Bertz CT molecular complexity index is 382. The zero-order chi connectivity index (χ0) is 12.8. The van der Waals surface area contributed by atoms with Crippen molar-refractivity contribution in [3.8, 4) is 5.88 Å². The Hall–Kier alpha value is -1.78. The molecule has 1 unspecified atom stereocenters. The smallest absolute Gasteiger partial charge is 0.323 e. The van der Waals surface area contributed by atoms with Gasteiger partial charge in [0, 0.05) is 24.0 Å². The maximum Gasteiger partial charge on any atom is 0.323 e. The molecule has 0 saturated heterocycles. The molecule has 0 aliphatic rings. The summed E-state index contributed by atoms with van der Waals surface area (Å²) in [5, 5.41) is 8.93. The molecule has 17 heavy (non-hydrogen) atoms. The number of rotatable bonds is 6. The van der Waals surface area contributed by atoms with Crippen LogP contribution in [0.4, 0.5) is 5.69 Å². The minimum Gasteiger partial charge on any atom is -0.481 e. The fourth-order valence-corrected chi connectivity index (χ4v) is 1.56. The lowest BCUT2D eigenvalue weighted by atomic mass is 10.2. The second kappa shape index (κ2) is 6.08. The summed E-state index contributed by atoms with van der Waals surface area (Å²) in [6, 6.07) is 3.69. The van der Waals surface area contributed by atoms with Crippen LogP contribution < -0.4 is 9.64 Å². The lowest BCUT2D eigenvalue weighted by Crippen LogP contribution is -2.37. The van der Waals surface area contributed by atoms with Crippen LogP contribution in [0.3, 0.4) is 0 Å². The van der Waals surface area contributed by atoms with Gasteiger partial charge in [0.25, 0.3) is 0 Å². The van der Waals surface area contributed by atoms with Gasteiger partial charge in [-0.2, -0.15) is 0 Å². The first-order valence-corrected chi connectivity index (χ1v) is 5.57. The Kier molecular flexibility index (Phi) is 4.75. The average Bonchev–Trinajstić information content (AvgIpc) is 2.35. The highest BCUT2D eigenvalue weighted by Gasteiger charge is 2.16. The van der Waals surface area contributed by atoms with Crippen LogP contribution in [-0.4, -0.2) is 35.8 Å². The molecular weight excluding hydrogens is 220 g/mol. The topological polar surface area (TPSA) is 62.7 Å². The number of nitrogens with zero attached hydrogens (tertiary/aromatic N) is 2. The summed E-state index contributed by atoms with van der Waals surface area (Å²) in [4.78, 5) is 16.7. The van der Waals surface area contributed by atoms with Crippen LogP contribution in [-0.2, 0) is 4.79 Å². The molecule has 1 N–H and O–H groups in total. The number of anilines is 1. The van der Waals surface area contributed by atoms with E-state index in [1.54, 1.807) is 18.3 Å². The predicted molar refractivity (Wildman–Crippen MR) is 65.5 cm³/mol. The maximum atomic E-state index is 10.9. The van der Waals surface area contributed by atoms with Gasteiger partial charge in [-0.15, -0.1) is 0 Å². The van der Waals surface area contributed by atoms with Gasteiger partial charge in [0.2, 0.25) is 5.88 Å². The van der Waals surface area contributed by atoms with E-state index in [1.807, 2.05) is 18.7 Å². The molecule has 94 valence electrons. The van der Waals surface area contributed by atoms with Crippen molar-refractivity contribution in [3.05, 3.63) is 18.3 Å². The quantitative estimate of drug-likeness (QED) is 0.818. The lowest BCUT2D eigenvalue weighted by molar-refractivity contribution is -0.135. The Balaban J connectivity index is 2.98. The first kappa shape index (κ1) is 13.3. The minimum absolute atomic E-state index is 0.0256. The number of ether oxygens (including phenoxy) is 1. The van der Waals surface area contributed by atoms with Crippen LogP contribution in [0.15, 0.2) is 18.3 Å². The van der Waals surface area contributed by atoms with Gasteiger partial charge in [-0.3, -0.25) is 4.79 Å². The molecule has 0 fully saturated rings. The van der Waals surface area contributed by atoms with Gasteiger partial charge in [-0.1, -0.05) is 6.92 Å². The number of aliphatic carboxylic acids is 1. The summed E-state index contributed by atoms with van der Waals surface area (Å²) in [6.07, 6.45) is 2.49. The fourth-order valence-electron chi connectivity index (χ4n) is 1.56. The van der Waals surface area contributed by atoms with E-state index in [0.29, 0.717) is 5.88 Å². The molecule has 0 aliphatic carbocycles. The molecule has 5 heteroatoms. The van der Waals surface area contributed by atoms with Crippen molar-refractivity contribution in [2.75, 3.05) is 18.6 Å². The van der Waals surface area contributed by atoms with Gasteiger partial charge in [-0.25, -0.2) is 4.98 Å². The molecule has 1 atom stereocenters. The summed E-state index contributed by atoms with van der Waals surface area (Å²) >= 11 is 0. The number of carbonyl (C=O) groups is 1. The van der Waals surface area contributed by atoms with Gasteiger partial charge in [0.05, 0.1) is 7.11 Å². The summed E-state index contributed by atoms with van der Waals surface area (Å²) in [5.74, 6) is -0.359. The standard InChI is InChI=1S/C12H18N2O3/c1-4-9(2)14(8-12(15)16)10-5-6-13-11(7-10)17-3/h5-7,9H,4,8H2,1-3H3,(H,15,16). The molecule has 1 aromatic rings. The zero-order valence-corrected chi connectivity index (χ0v) is 10.4. The number of hydrogen-bond acceptors (Lipinski definition) is 4. The Morgan fingerprint density at radius 2 is 2.35 bits per heavy atom.